The van der Waals surface area contributed by atoms with Gasteiger partial charge >= 0.3 is 12.2 Å². The van der Waals surface area contributed by atoms with Crippen molar-refractivity contribution in [2.45, 2.75) is 114 Å². The standard InChI is InChI=1S/C45H54N8O8/c1-22(54)38(50-44(57)60-4)42(55)52-34-10-6-8-26(34)18-36(52)40-46-20-32(48-40)24-12-14-28-30(16-24)29-15-13-25(17-31(28)29)33-21-47-41(49-33)37-19-27-9-7-11-35(27)53(37)43(56)39(23(2)59-3)51-45(58)61-5/h12-17,20-23,26-27,34-39,54H,6-11,18-19H2,1-5H3,(H,46,48)(H,47,49)(H,50,57)(H,51,58)/t22-,23-,26+,27+,34+,35+,36+,37+,38+,39+/m1/s1. The minimum absolute atomic E-state index is 0.0128. The highest BCUT2D eigenvalue weighted by molar-refractivity contribution is 6.04. The van der Waals surface area contributed by atoms with Gasteiger partial charge < -0.3 is 49.7 Å². The van der Waals surface area contributed by atoms with Crippen LogP contribution in [-0.4, -0.2) is 117 Å². The molecule has 16 nitrogen and oxygen atoms in total. The fraction of sp³-hybridized carbons (Fsp3) is 0.511. The summed E-state index contributed by atoms with van der Waals surface area (Å²) >= 11 is 0. The Kier molecular flexibility index (Phi) is 10.8. The third-order valence-electron chi connectivity index (χ3n) is 14.0. The molecule has 5 aliphatic rings. The van der Waals surface area contributed by atoms with Gasteiger partial charge in [-0.25, -0.2) is 19.6 Å². The third-order valence-corrected chi connectivity index (χ3v) is 14.0. The van der Waals surface area contributed by atoms with Crippen molar-refractivity contribution in [1.29, 1.82) is 0 Å². The lowest BCUT2D eigenvalue weighted by molar-refractivity contribution is -0.140. The number of aromatic amines is 2. The Bertz CT molecular complexity index is 2340. The van der Waals surface area contributed by atoms with Crippen molar-refractivity contribution >= 4 is 24.0 Å². The van der Waals surface area contributed by atoms with Crippen LogP contribution in [0, 0.1) is 11.8 Å². The third kappa shape index (κ3) is 7.12. The molecule has 5 N–H and O–H groups in total. The lowest BCUT2D eigenvalue weighted by Gasteiger charge is -2.34. The van der Waals surface area contributed by atoms with E-state index < -0.39 is 36.5 Å². The maximum absolute atomic E-state index is 14.2. The topological polar surface area (TPSA) is 204 Å². The van der Waals surface area contributed by atoms with E-state index in [1.54, 1.807) is 6.92 Å². The highest BCUT2D eigenvalue weighted by Crippen LogP contribution is 2.51. The molecule has 61 heavy (non-hydrogen) atoms. The number of aliphatic hydroxyl groups is 1. The zero-order chi connectivity index (χ0) is 42.7. The SMILES string of the molecule is COC(=O)N[C@H](C(=O)N1[C@H](c2ncc(-c3ccc4c(c3)-c3ccc(-c5cnc([C@@H]6C[C@@H]7CCC[C@@H]7N6C(=O)[C@@H](NC(=O)OC)[C@@H](C)OC)[nH]5)cc3-4)[nH]2)C[C@@H]2CCC[C@@H]21)[C@@H](C)O. The lowest BCUT2D eigenvalue weighted by Crippen LogP contribution is -2.55. The normalized spacial score (nSPS) is 25.3. The summed E-state index contributed by atoms with van der Waals surface area (Å²) in [7, 11) is 4.03. The molecule has 16 heteroatoms. The molecule has 4 fully saturated rings. The number of hydrogen-bond donors (Lipinski definition) is 5. The van der Waals surface area contributed by atoms with Gasteiger partial charge in [0.25, 0.3) is 0 Å². The van der Waals surface area contributed by atoms with Gasteiger partial charge in [0, 0.05) is 30.3 Å². The molecule has 322 valence electrons. The summed E-state index contributed by atoms with van der Waals surface area (Å²) in [6.45, 7) is 3.26. The fourth-order valence-corrected chi connectivity index (χ4v) is 10.9. The molecule has 10 atom stereocenters. The molecule has 0 bridgehead atoms. The largest absolute Gasteiger partial charge is 0.453 e. The zero-order valence-electron chi connectivity index (χ0n) is 35.1. The molecule has 2 aromatic carbocycles. The first-order valence-corrected chi connectivity index (χ1v) is 21.4. The second kappa shape index (κ2) is 16.3. The van der Waals surface area contributed by atoms with Crippen LogP contribution >= 0.6 is 0 Å². The van der Waals surface area contributed by atoms with Crippen LogP contribution < -0.4 is 10.6 Å². The summed E-state index contributed by atoms with van der Waals surface area (Å²) in [6.07, 6.45) is 7.99. The van der Waals surface area contributed by atoms with Gasteiger partial charge in [-0.2, -0.15) is 0 Å². The summed E-state index contributed by atoms with van der Waals surface area (Å²) in [4.78, 5) is 73.1. The van der Waals surface area contributed by atoms with E-state index in [-0.39, 0.29) is 36.0 Å². The number of rotatable bonds is 11. The molecule has 0 radical (unpaired) electrons. The maximum atomic E-state index is 14.2. The van der Waals surface area contributed by atoms with Gasteiger partial charge in [0.2, 0.25) is 11.8 Å². The lowest BCUT2D eigenvalue weighted by atomic mass is 9.78. The number of likely N-dealkylation sites (tertiary alicyclic amines) is 2. The predicted molar refractivity (Wildman–Crippen MR) is 224 cm³/mol. The number of nitrogens with zero attached hydrogens (tertiary/aromatic N) is 4. The summed E-state index contributed by atoms with van der Waals surface area (Å²) in [5, 5.41) is 15.8. The van der Waals surface area contributed by atoms with Crippen LogP contribution in [0.3, 0.4) is 0 Å². The Balaban J connectivity index is 0.926. The van der Waals surface area contributed by atoms with Gasteiger partial charge in [0.15, 0.2) is 0 Å². The van der Waals surface area contributed by atoms with Gasteiger partial charge in [-0.1, -0.05) is 37.1 Å². The number of hydrogen-bond acceptors (Lipinski definition) is 10. The van der Waals surface area contributed by atoms with E-state index >= 15 is 0 Å². The van der Waals surface area contributed by atoms with Crippen molar-refractivity contribution in [2.24, 2.45) is 11.8 Å². The zero-order valence-corrected chi connectivity index (χ0v) is 35.1. The van der Waals surface area contributed by atoms with Crippen LogP contribution in [0.15, 0.2) is 48.8 Å². The van der Waals surface area contributed by atoms with E-state index in [0.717, 1.165) is 102 Å². The average Bonchev–Trinajstić information content (AvgIpc) is 4.12. The van der Waals surface area contributed by atoms with Crippen LogP contribution in [0.5, 0.6) is 0 Å². The Hall–Kier alpha value is -5.74. The molecular formula is C45H54N8O8. The number of imidazole rings is 2. The number of alkyl carbamates (subject to hydrolysis) is 2. The number of fused-ring (bicyclic) bond motifs is 6. The molecule has 2 aliphatic heterocycles. The second-order valence-corrected chi connectivity index (χ2v) is 17.3. The summed E-state index contributed by atoms with van der Waals surface area (Å²) < 4.78 is 15.1. The highest BCUT2D eigenvalue weighted by atomic mass is 16.5. The number of amides is 4. The molecule has 2 aromatic heterocycles. The van der Waals surface area contributed by atoms with Gasteiger partial charge in [-0.05, 0) is 98.6 Å². The number of aliphatic hydroxyl groups excluding tert-OH is 1. The Morgan fingerprint density at radius 2 is 1.15 bits per heavy atom. The van der Waals surface area contributed by atoms with E-state index in [1.807, 2.05) is 22.2 Å². The summed E-state index contributed by atoms with van der Waals surface area (Å²) in [5.74, 6) is 1.55. The van der Waals surface area contributed by atoms with Crippen LogP contribution in [-0.2, 0) is 23.8 Å². The van der Waals surface area contributed by atoms with E-state index in [9.17, 15) is 24.3 Å². The highest BCUT2D eigenvalue weighted by Gasteiger charge is 2.51. The number of ether oxygens (including phenoxy) is 3. The molecule has 4 heterocycles. The average molecular weight is 835 g/mol. The van der Waals surface area contributed by atoms with E-state index in [2.05, 4.69) is 57.0 Å². The summed E-state index contributed by atoms with van der Waals surface area (Å²) in [6, 6.07) is 10.2. The predicted octanol–water partition coefficient (Wildman–Crippen LogP) is 5.86. The van der Waals surface area contributed by atoms with Crippen molar-refractivity contribution in [2.75, 3.05) is 21.3 Å². The number of H-pyrrole nitrogens is 2. The van der Waals surface area contributed by atoms with E-state index in [1.165, 1.54) is 28.3 Å². The molecule has 3 aliphatic carbocycles. The van der Waals surface area contributed by atoms with Gasteiger partial charge in [-0.3, -0.25) is 9.59 Å². The first-order chi connectivity index (χ1) is 29.5. The number of aromatic nitrogens is 4. The minimum atomic E-state index is -1.14. The van der Waals surface area contributed by atoms with Crippen LogP contribution in [0.25, 0.3) is 44.8 Å². The monoisotopic (exact) mass is 834 g/mol. The molecular weight excluding hydrogens is 781 g/mol. The summed E-state index contributed by atoms with van der Waals surface area (Å²) in [5.41, 5.74) is 8.20. The van der Waals surface area contributed by atoms with Crippen molar-refractivity contribution in [3.05, 3.63) is 60.4 Å². The van der Waals surface area contributed by atoms with E-state index in [4.69, 9.17) is 24.2 Å². The molecule has 2 saturated carbocycles. The number of nitrogens with one attached hydrogen (secondary N) is 4. The first kappa shape index (κ1) is 40.7. The van der Waals surface area contributed by atoms with E-state index in [0.29, 0.717) is 17.7 Å². The fourth-order valence-electron chi connectivity index (χ4n) is 10.9. The van der Waals surface area contributed by atoms with Crippen molar-refractivity contribution in [3.8, 4) is 44.8 Å². The smallest absolute Gasteiger partial charge is 0.407 e. The molecule has 4 amide bonds. The maximum Gasteiger partial charge on any atom is 0.407 e. The minimum Gasteiger partial charge on any atom is -0.453 e. The molecule has 2 saturated heterocycles. The molecule has 4 aromatic rings. The second-order valence-electron chi connectivity index (χ2n) is 17.3. The number of benzene rings is 2. The van der Waals surface area contributed by atoms with Crippen molar-refractivity contribution < 1.29 is 38.5 Å². The van der Waals surface area contributed by atoms with Crippen molar-refractivity contribution in [1.82, 2.24) is 40.4 Å². The molecule has 0 unspecified atom stereocenters. The van der Waals surface area contributed by atoms with Gasteiger partial charge in [0.05, 0.1) is 62.3 Å². The van der Waals surface area contributed by atoms with Crippen LogP contribution in [0.2, 0.25) is 0 Å². The van der Waals surface area contributed by atoms with Gasteiger partial charge in [0.1, 0.15) is 23.7 Å². The Morgan fingerprint density at radius 1 is 0.689 bits per heavy atom. The van der Waals surface area contributed by atoms with Crippen LogP contribution in [0.4, 0.5) is 9.59 Å². The quantitative estimate of drug-likeness (QED) is 0.107. The molecule has 0 spiro atoms. The Morgan fingerprint density at radius 3 is 1.59 bits per heavy atom. The molecule has 9 rings (SSSR count). The van der Waals surface area contributed by atoms with Gasteiger partial charge in [-0.15, -0.1) is 0 Å². The number of carbonyl (C=O) groups excluding carboxylic acids is 4. The first-order valence-electron chi connectivity index (χ1n) is 21.4. The number of carbonyl (C=O) groups is 4. The van der Waals surface area contributed by atoms with Crippen LogP contribution in [0.1, 0.15) is 88.9 Å². The number of methoxy groups -OCH3 is 3. The van der Waals surface area contributed by atoms with Crippen molar-refractivity contribution in [3.63, 3.8) is 0 Å². The Labute approximate surface area is 354 Å².